The third-order valence-corrected chi connectivity index (χ3v) is 7.76. The van der Waals surface area contributed by atoms with E-state index in [0.717, 1.165) is 16.6 Å². The predicted molar refractivity (Wildman–Crippen MR) is 175 cm³/mol. The number of methoxy groups -OCH3 is 1. The highest BCUT2D eigenvalue weighted by Gasteiger charge is 2.43. The number of aryl methyl sites for hydroxylation is 2. The molecule has 0 radical (unpaired) electrons. The number of aromatic nitrogens is 3. The second-order valence-corrected chi connectivity index (χ2v) is 11.6. The molecule has 0 saturated heterocycles. The van der Waals surface area contributed by atoms with Crippen LogP contribution in [0.2, 0.25) is 0 Å². The van der Waals surface area contributed by atoms with Crippen LogP contribution in [0.15, 0.2) is 48.9 Å². The quantitative estimate of drug-likeness (QED) is 0.180. The van der Waals surface area contributed by atoms with E-state index in [0.29, 0.717) is 53.0 Å². The van der Waals surface area contributed by atoms with E-state index in [1.54, 1.807) is 36.5 Å². The Kier molecular flexibility index (Phi) is 8.81. The Morgan fingerprint density at radius 3 is 2.61 bits per heavy atom. The summed E-state index contributed by atoms with van der Waals surface area (Å²) in [6.45, 7) is 5.35. The largest absolute Gasteiger partial charge is 0.480 e. The molecule has 46 heavy (non-hydrogen) atoms. The molecule has 3 heterocycles. The summed E-state index contributed by atoms with van der Waals surface area (Å²) in [6, 6.07) is 8.43. The average Bonchev–Trinajstić information content (AvgIpc) is 3.67. The van der Waals surface area contributed by atoms with Gasteiger partial charge in [-0.3, -0.25) is 14.5 Å². The van der Waals surface area contributed by atoms with Gasteiger partial charge in [0, 0.05) is 30.1 Å². The van der Waals surface area contributed by atoms with Crippen molar-refractivity contribution in [2.45, 2.75) is 25.4 Å². The number of nitrogens with zero attached hydrogens (tertiary/aromatic N) is 4. The molecule has 1 aliphatic carbocycles. The molecule has 0 aliphatic heterocycles. The number of nitrogen functional groups attached to an aromatic ring is 1. The van der Waals surface area contributed by atoms with E-state index in [-0.39, 0.29) is 23.8 Å². The molecule has 1 saturated carbocycles. The van der Waals surface area contributed by atoms with Gasteiger partial charge in [-0.1, -0.05) is 24.5 Å². The van der Waals surface area contributed by atoms with Crippen LogP contribution in [-0.2, 0) is 11.8 Å². The van der Waals surface area contributed by atoms with Gasteiger partial charge >= 0.3 is 0 Å². The molecule has 1 fully saturated rings. The Morgan fingerprint density at radius 1 is 1.24 bits per heavy atom. The lowest BCUT2D eigenvalue weighted by Gasteiger charge is -2.15. The van der Waals surface area contributed by atoms with Gasteiger partial charge in [-0.25, -0.2) is 18.7 Å². The molecule has 1 aliphatic rings. The van der Waals surface area contributed by atoms with Gasteiger partial charge < -0.3 is 25.7 Å². The molecule has 4 aromatic rings. The molecule has 1 aromatic carbocycles. The third kappa shape index (κ3) is 6.41. The topological polar surface area (TPSA) is 127 Å². The number of hydrogen-bond acceptors (Lipinski definition) is 7. The number of alkyl halides is 1. The number of nitrogens with one attached hydrogen (secondary N) is 2. The number of rotatable bonds is 9. The van der Waals surface area contributed by atoms with Gasteiger partial charge in [0.15, 0.2) is 5.83 Å². The highest BCUT2D eigenvalue weighted by Crippen LogP contribution is 2.44. The van der Waals surface area contributed by atoms with E-state index in [1.165, 1.54) is 7.11 Å². The van der Waals surface area contributed by atoms with Crippen LogP contribution < -0.4 is 21.1 Å². The van der Waals surface area contributed by atoms with Crippen molar-refractivity contribution >= 4 is 34.2 Å². The molecule has 10 nitrogen and oxygen atoms in total. The van der Waals surface area contributed by atoms with Crippen molar-refractivity contribution in [3.8, 4) is 40.2 Å². The Labute approximate surface area is 265 Å². The number of hydrogen-bond donors (Lipinski definition) is 3. The van der Waals surface area contributed by atoms with Crippen molar-refractivity contribution in [2.75, 3.05) is 45.3 Å². The Morgan fingerprint density at radius 2 is 1.98 bits per heavy atom. The van der Waals surface area contributed by atoms with Gasteiger partial charge in [0.05, 0.1) is 48.1 Å². The minimum Gasteiger partial charge on any atom is -0.480 e. The first-order chi connectivity index (χ1) is 21.8. The average molecular weight is 628 g/mol. The van der Waals surface area contributed by atoms with Crippen LogP contribution in [0.5, 0.6) is 5.88 Å². The summed E-state index contributed by atoms with van der Waals surface area (Å²) in [7, 11) is 7.13. The minimum atomic E-state index is -1.36. The predicted octanol–water partition coefficient (Wildman–Crippen LogP) is 4.77. The number of pyridine rings is 2. The first-order valence-corrected chi connectivity index (χ1v) is 14.5. The van der Waals surface area contributed by atoms with Gasteiger partial charge in [0.25, 0.3) is 11.8 Å². The first-order valence-electron chi connectivity index (χ1n) is 14.5. The van der Waals surface area contributed by atoms with E-state index in [9.17, 15) is 18.4 Å². The fourth-order valence-corrected chi connectivity index (χ4v) is 5.22. The van der Waals surface area contributed by atoms with Crippen molar-refractivity contribution in [3.63, 3.8) is 0 Å². The second kappa shape index (κ2) is 12.6. The molecule has 238 valence electrons. The summed E-state index contributed by atoms with van der Waals surface area (Å²) in [5, 5.41) is 5.73. The standard InChI is InChI=1S/C34H35F2N7O3/c1-19-16-22(40-31(44)20(2)35)9-10-23(19)29-26(27-28(43(29)5)21(17-38-30(27)37)8-7-15-42(3)4)25-12-11-24(33(41-25)46-6)32(45)39-18-34(36)13-14-34/h9-12,16-17H,2,13-15,18H2,1,3-6H3,(H2,37,38)(H,39,45)(H,40,44). The summed E-state index contributed by atoms with van der Waals surface area (Å²) >= 11 is 0. The molecule has 5 rings (SSSR count). The maximum Gasteiger partial charge on any atom is 0.283 e. The molecule has 12 heteroatoms. The summed E-state index contributed by atoms with van der Waals surface area (Å²) in [5.74, 6) is 4.13. The van der Waals surface area contributed by atoms with E-state index < -0.39 is 23.3 Å². The number of fused-ring (bicyclic) bond motifs is 1. The summed E-state index contributed by atoms with van der Waals surface area (Å²) < 4.78 is 35.1. The molecule has 0 spiro atoms. The fourth-order valence-electron chi connectivity index (χ4n) is 5.22. The lowest BCUT2D eigenvalue weighted by Crippen LogP contribution is -2.31. The maximum absolute atomic E-state index is 14.2. The zero-order chi connectivity index (χ0) is 33.3. The highest BCUT2D eigenvalue weighted by molar-refractivity contribution is 6.11. The van der Waals surface area contributed by atoms with Crippen LogP contribution in [0.3, 0.4) is 0 Å². The van der Waals surface area contributed by atoms with Crippen molar-refractivity contribution < 1.29 is 23.1 Å². The number of halogens is 2. The van der Waals surface area contributed by atoms with Crippen molar-refractivity contribution in [1.82, 2.24) is 24.8 Å². The van der Waals surface area contributed by atoms with Crippen molar-refractivity contribution in [1.29, 1.82) is 0 Å². The Bertz CT molecular complexity index is 1950. The number of nitrogens with two attached hydrogens (primary N) is 1. The third-order valence-electron chi connectivity index (χ3n) is 7.76. The number of amides is 2. The fraction of sp³-hybridized carbons (Fsp3) is 0.294. The number of carbonyl (C=O) groups excluding carboxylic acids is 2. The molecule has 2 amide bonds. The maximum atomic E-state index is 14.2. The number of carbonyl (C=O) groups is 2. The highest BCUT2D eigenvalue weighted by atomic mass is 19.1. The number of benzene rings is 1. The summed E-state index contributed by atoms with van der Waals surface area (Å²) in [4.78, 5) is 36.1. The van der Waals surface area contributed by atoms with E-state index >= 15 is 0 Å². The Hall–Kier alpha value is -5.28. The number of anilines is 2. The van der Waals surface area contributed by atoms with Gasteiger partial charge in [-0.15, -0.1) is 0 Å². The van der Waals surface area contributed by atoms with Crippen LogP contribution in [0.1, 0.15) is 34.3 Å². The van der Waals surface area contributed by atoms with Crippen LogP contribution >= 0.6 is 0 Å². The van der Waals surface area contributed by atoms with Crippen molar-refractivity contribution in [2.24, 2.45) is 7.05 Å². The molecule has 0 unspecified atom stereocenters. The zero-order valence-corrected chi connectivity index (χ0v) is 26.3. The molecular weight excluding hydrogens is 592 g/mol. The lowest BCUT2D eigenvalue weighted by molar-refractivity contribution is -0.114. The monoisotopic (exact) mass is 627 g/mol. The molecule has 0 bridgehead atoms. The van der Waals surface area contributed by atoms with Crippen LogP contribution in [-0.4, -0.2) is 71.2 Å². The van der Waals surface area contributed by atoms with E-state index in [1.807, 2.05) is 37.5 Å². The van der Waals surface area contributed by atoms with Gasteiger partial charge in [0.1, 0.15) is 17.1 Å². The van der Waals surface area contributed by atoms with Gasteiger partial charge in [-0.05, 0) is 63.7 Å². The lowest BCUT2D eigenvalue weighted by atomic mass is 9.97. The van der Waals surface area contributed by atoms with Crippen LogP contribution in [0, 0.1) is 18.8 Å². The molecule has 4 N–H and O–H groups in total. The molecule has 0 atom stereocenters. The van der Waals surface area contributed by atoms with E-state index in [4.69, 9.17) is 15.5 Å². The normalized spacial score (nSPS) is 13.2. The second-order valence-electron chi connectivity index (χ2n) is 11.6. The molecular formula is C34H35F2N7O3. The van der Waals surface area contributed by atoms with Crippen molar-refractivity contribution in [3.05, 3.63) is 65.6 Å². The van der Waals surface area contributed by atoms with Gasteiger partial charge in [-0.2, -0.15) is 0 Å². The SMILES string of the molecule is C=C(F)C(=O)Nc1ccc(-c2c(-c3ccc(C(=O)NCC4(F)CC4)c(OC)n3)c3c(N)ncc(C#CCN(C)C)c3n2C)c(C)c1. The Balaban J connectivity index is 1.71. The first kappa shape index (κ1) is 32.1. The van der Waals surface area contributed by atoms with Crippen LogP contribution in [0.25, 0.3) is 33.4 Å². The van der Waals surface area contributed by atoms with Gasteiger partial charge in [0.2, 0.25) is 5.88 Å². The number of ether oxygens (including phenoxy) is 1. The zero-order valence-electron chi connectivity index (χ0n) is 26.3. The minimum absolute atomic E-state index is 0.0522. The summed E-state index contributed by atoms with van der Waals surface area (Å²) in [5.41, 5.74) is 10.4. The molecule has 3 aromatic heterocycles. The smallest absolute Gasteiger partial charge is 0.283 e. The summed E-state index contributed by atoms with van der Waals surface area (Å²) in [6.07, 6.45) is 2.46. The van der Waals surface area contributed by atoms with E-state index in [2.05, 4.69) is 34.0 Å². The van der Waals surface area contributed by atoms with Crippen LogP contribution in [0.4, 0.5) is 20.3 Å².